The molecule has 21 heavy (non-hydrogen) atoms. The van der Waals surface area contributed by atoms with Crippen LogP contribution in [0.5, 0.6) is 0 Å². The second-order valence-corrected chi connectivity index (χ2v) is 7.82. The van der Waals surface area contributed by atoms with Crippen LogP contribution < -0.4 is 5.32 Å². The van der Waals surface area contributed by atoms with E-state index in [-0.39, 0.29) is 17.2 Å². The van der Waals surface area contributed by atoms with E-state index < -0.39 is 0 Å². The first kappa shape index (κ1) is 17.1. The second kappa shape index (κ2) is 6.08. The molecule has 0 radical (unpaired) electrons. The summed E-state index contributed by atoms with van der Waals surface area (Å²) in [5, 5.41) is 4.97. The lowest BCUT2D eigenvalue weighted by Gasteiger charge is -2.34. The minimum atomic E-state index is -0.195. The van der Waals surface area contributed by atoms with Crippen LogP contribution in [0.4, 0.5) is 0 Å². The van der Waals surface area contributed by atoms with Gasteiger partial charge in [-0.1, -0.05) is 36.2 Å². The summed E-state index contributed by atoms with van der Waals surface area (Å²) in [5.74, 6) is 0.353. The molecule has 4 heteroatoms. The molecule has 1 heterocycles. The third kappa shape index (κ3) is 3.73. The molecule has 1 fully saturated rings. The van der Waals surface area contributed by atoms with Gasteiger partial charge in [0, 0.05) is 22.0 Å². The quantitative estimate of drug-likeness (QED) is 0.815. The molecule has 1 aromatic rings. The van der Waals surface area contributed by atoms with Gasteiger partial charge in [0.15, 0.2) is 0 Å². The Kier molecular flexibility index (Phi) is 4.94. The lowest BCUT2D eigenvalue weighted by molar-refractivity contribution is -0.0778. The van der Waals surface area contributed by atoms with Crippen molar-refractivity contribution in [2.24, 2.45) is 5.92 Å². The highest BCUT2D eigenvalue weighted by Gasteiger charge is 2.49. The lowest BCUT2D eigenvalue weighted by atomic mass is 9.79. The number of ether oxygens (including phenoxy) is 1. The topological polar surface area (TPSA) is 21.3 Å². The van der Waals surface area contributed by atoms with Gasteiger partial charge in [0.1, 0.15) is 0 Å². The van der Waals surface area contributed by atoms with Crippen LogP contribution >= 0.6 is 23.2 Å². The van der Waals surface area contributed by atoms with Gasteiger partial charge in [0.05, 0.1) is 11.2 Å². The molecule has 2 atom stereocenters. The Morgan fingerprint density at radius 1 is 1.29 bits per heavy atom. The molecule has 0 saturated carbocycles. The molecule has 0 aromatic heterocycles. The number of hydrogen-bond donors (Lipinski definition) is 1. The summed E-state index contributed by atoms with van der Waals surface area (Å²) in [4.78, 5) is 0. The smallest absolute Gasteiger partial charge is 0.0681 e. The van der Waals surface area contributed by atoms with Crippen molar-refractivity contribution in [2.75, 3.05) is 6.54 Å². The highest BCUT2D eigenvalue weighted by molar-refractivity contribution is 6.35. The van der Waals surface area contributed by atoms with E-state index in [0.717, 1.165) is 18.5 Å². The number of rotatable bonds is 4. The van der Waals surface area contributed by atoms with Gasteiger partial charge >= 0.3 is 0 Å². The van der Waals surface area contributed by atoms with Crippen LogP contribution in [0.1, 0.15) is 52.6 Å². The summed E-state index contributed by atoms with van der Waals surface area (Å²) in [6.07, 6.45) is 0.997. The fourth-order valence-electron chi connectivity index (χ4n) is 3.57. The predicted octanol–water partition coefficient (Wildman–Crippen LogP) is 5.24. The van der Waals surface area contributed by atoms with Crippen molar-refractivity contribution < 1.29 is 4.74 Å². The third-order valence-electron chi connectivity index (χ3n) is 4.27. The summed E-state index contributed by atoms with van der Waals surface area (Å²) >= 11 is 12.5. The van der Waals surface area contributed by atoms with Crippen molar-refractivity contribution in [1.29, 1.82) is 0 Å². The van der Waals surface area contributed by atoms with Gasteiger partial charge in [-0.3, -0.25) is 0 Å². The molecule has 2 nitrogen and oxygen atoms in total. The Balaban J connectivity index is 2.39. The summed E-state index contributed by atoms with van der Waals surface area (Å²) in [7, 11) is 0. The SMILES string of the molecule is CCNC(c1ccc(Cl)cc1Cl)C1CC(C)(C)OC1(C)C. The molecule has 2 rings (SSSR count). The van der Waals surface area contributed by atoms with Gasteiger partial charge < -0.3 is 10.1 Å². The van der Waals surface area contributed by atoms with Crippen LogP contribution in [0.15, 0.2) is 18.2 Å². The van der Waals surface area contributed by atoms with E-state index in [1.807, 2.05) is 18.2 Å². The van der Waals surface area contributed by atoms with Crippen LogP contribution in [0, 0.1) is 5.92 Å². The van der Waals surface area contributed by atoms with Gasteiger partial charge in [-0.05, 0) is 58.4 Å². The van der Waals surface area contributed by atoms with Gasteiger partial charge in [0.25, 0.3) is 0 Å². The normalized spacial score (nSPS) is 25.0. The lowest BCUT2D eigenvalue weighted by Crippen LogP contribution is -2.38. The summed E-state index contributed by atoms with van der Waals surface area (Å²) in [6.45, 7) is 11.6. The Hall–Kier alpha value is -0.280. The first-order valence-corrected chi connectivity index (χ1v) is 8.30. The van der Waals surface area contributed by atoms with E-state index in [1.54, 1.807) is 0 Å². The molecule has 0 bridgehead atoms. The molecule has 1 aromatic carbocycles. The predicted molar refractivity (Wildman–Crippen MR) is 90.2 cm³/mol. The zero-order chi connectivity index (χ0) is 15.8. The molecule has 1 aliphatic heterocycles. The summed E-state index contributed by atoms with van der Waals surface area (Å²) in [6, 6.07) is 5.91. The number of hydrogen-bond acceptors (Lipinski definition) is 2. The Morgan fingerprint density at radius 2 is 1.95 bits per heavy atom. The zero-order valence-electron chi connectivity index (χ0n) is 13.5. The van der Waals surface area contributed by atoms with E-state index >= 15 is 0 Å². The molecule has 1 N–H and O–H groups in total. The number of halogens is 2. The van der Waals surface area contributed by atoms with Crippen molar-refractivity contribution in [1.82, 2.24) is 5.32 Å². The monoisotopic (exact) mass is 329 g/mol. The summed E-state index contributed by atoms with van der Waals surface area (Å²) in [5.41, 5.74) is 0.794. The first-order chi connectivity index (χ1) is 9.66. The number of benzene rings is 1. The molecular weight excluding hydrogens is 305 g/mol. The minimum Gasteiger partial charge on any atom is -0.369 e. The standard InChI is InChI=1S/C17H25Cl2NO/c1-6-20-15(12-8-7-11(18)9-14(12)19)13-10-16(2,3)21-17(13,4)5/h7-9,13,15,20H,6,10H2,1-5H3. The van der Waals surface area contributed by atoms with Crippen molar-refractivity contribution in [3.63, 3.8) is 0 Å². The van der Waals surface area contributed by atoms with Gasteiger partial charge in [-0.15, -0.1) is 0 Å². The van der Waals surface area contributed by atoms with Gasteiger partial charge in [-0.25, -0.2) is 0 Å². The van der Waals surface area contributed by atoms with E-state index in [9.17, 15) is 0 Å². The fraction of sp³-hybridized carbons (Fsp3) is 0.647. The average Bonchev–Trinajstić information content (AvgIpc) is 2.55. The third-order valence-corrected chi connectivity index (χ3v) is 4.83. The van der Waals surface area contributed by atoms with Gasteiger partial charge in [0.2, 0.25) is 0 Å². The largest absolute Gasteiger partial charge is 0.369 e. The number of nitrogens with one attached hydrogen (secondary N) is 1. The maximum atomic E-state index is 6.44. The molecular formula is C17H25Cl2NO. The Labute approximate surface area is 138 Å². The van der Waals surface area contributed by atoms with Crippen molar-refractivity contribution in [2.45, 2.75) is 58.3 Å². The van der Waals surface area contributed by atoms with Crippen LogP contribution in [0.25, 0.3) is 0 Å². The molecule has 118 valence electrons. The molecule has 0 aliphatic carbocycles. The maximum absolute atomic E-state index is 6.44. The molecule has 2 unspecified atom stereocenters. The highest BCUT2D eigenvalue weighted by atomic mass is 35.5. The van der Waals surface area contributed by atoms with E-state index in [2.05, 4.69) is 39.9 Å². The zero-order valence-corrected chi connectivity index (χ0v) is 15.0. The highest BCUT2D eigenvalue weighted by Crippen LogP contribution is 2.48. The van der Waals surface area contributed by atoms with E-state index in [1.165, 1.54) is 0 Å². The van der Waals surface area contributed by atoms with Crippen LogP contribution in [-0.4, -0.2) is 17.7 Å². The molecule has 0 amide bonds. The maximum Gasteiger partial charge on any atom is 0.0681 e. The van der Waals surface area contributed by atoms with Gasteiger partial charge in [-0.2, -0.15) is 0 Å². The van der Waals surface area contributed by atoms with Crippen molar-refractivity contribution in [3.05, 3.63) is 33.8 Å². The van der Waals surface area contributed by atoms with Crippen molar-refractivity contribution >= 4 is 23.2 Å². The average molecular weight is 330 g/mol. The van der Waals surface area contributed by atoms with Crippen LogP contribution in [0.2, 0.25) is 10.0 Å². The summed E-state index contributed by atoms with van der Waals surface area (Å²) < 4.78 is 6.25. The molecule has 1 saturated heterocycles. The fourth-order valence-corrected chi connectivity index (χ4v) is 4.09. The molecule has 0 spiro atoms. The van der Waals surface area contributed by atoms with Crippen LogP contribution in [0.3, 0.4) is 0 Å². The molecule has 1 aliphatic rings. The van der Waals surface area contributed by atoms with E-state index in [0.29, 0.717) is 16.0 Å². The Morgan fingerprint density at radius 3 is 2.43 bits per heavy atom. The minimum absolute atomic E-state index is 0.110. The second-order valence-electron chi connectivity index (χ2n) is 6.98. The Bertz CT molecular complexity index is 514. The first-order valence-electron chi connectivity index (χ1n) is 7.55. The van der Waals surface area contributed by atoms with Crippen LogP contribution in [-0.2, 0) is 4.74 Å². The van der Waals surface area contributed by atoms with E-state index in [4.69, 9.17) is 27.9 Å². The van der Waals surface area contributed by atoms with Crippen molar-refractivity contribution in [3.8, 4) is 0 Å².